The van der Waals surface area contributed by atoms with Gasteiger partial charge < -0.3 is 5.73 Å². The monoisotopic (exact) mass is 252 g/mol. The number of nitrogens with two attached hydrogens (primary N) is 1. The molecule has 0 bridgehead atoms. The molecule has 2 rings (SSSR count). The average molecular weight is 253 g/mol. The zero-order chi connectivity index (χ0) is 9.97. The summed E-state index contributed by atoms with van der Waals surface area (Å²) in [6, 6.07) is 5.92. The van der Waals surface area contributed by atoms with Crippen LogP contribution in [0.1, 0.15) is 5.56 Å². The molecule has 0 atom stereocenters. The number of nitrogens with zero attached hydrogens (tertiary/aromatic N) is 3. The van der Waals surface area contributed by atoms with Crippen LogP contribution in [0.5, 0.6) is 0 Å². The zero-order valence-electron chi connectivity index (χ0n) is 7.39. The van der Waals surface area contributed by atoms with Gasteiger partial charge in [0.15, 0.2) is 0 Å². The second-order valence-corrected chi connectivity index (χ2v) is 3.69. The van der Waals surface area contributed by atoms with Crippen molar-refractivity contribution in [1.29, 1.82) is 0 Å². The van der Waals surface area contributed by atoms with E-state index in [1.165, 1.54) is 0 Å². The number of benzene rings is 1. The molecular weight excluding hydrogens is 244 g/mol. The Bertz CT molecular complexity index is 424. The van der Waals surface area contributed by atoms with Crippen molar-refractivity contribution in [1.82, 2.24) is 15.0 Å². The first-order valence-electron chi connectivity index (χ1n) is 4.16. The number of hydrogen-bond acceptors (Lipinski definition) is 3. The first-order valence-corrected chi connectivity index (χ1v) is 4.96. The highest BCUT2D eigenvalue weighted by molar-refractivity contribution is 9.10. The molecule has 1 aromatic carbocycles. The van der Waals surface area contributed by atoms with Crippen molar-refractivity contribution in [3.63, 3.8) is 0 Å². The normalized spacial score (nSPS) is 10.4. The van der Waals surface area contributed by atoms with Gasteiger partial charge in [-0.3, -0.25) is 0 Å². The third-order valence-electron chi connectivity index (χ3n) is 1.92. The summed E-state index contributed by atoms with van der Waals surface area (Å²) in [6.45, 7) is 0.538. The lowest BCUT2D eigenvalue weighted by Gasteiger charge is -2.05. The molecule has 0 fully saturated rings. The largest absolute Gasteiger partial charge is 0.326 e. The predicted molar refractivity (Wildman–Crippen MR) is 57.0 cm³/mol. The zero-order valence-corrected chi connectivity index (χ0v) is 8.98. The van der Waals surface area contributed by atoms with Crippen molar-refractivity contribution in [3.8, 4) is 5.69 Å². The second kappa shape index (κ2) is 3.89. The van der Waals surface area contributed by atoms with Gasteiger partial charge in [0.05, 0.1) is 18.1 Å². The summed E-state index contributed by atoms with van der Waals surface area (Å²) >= 11 is 3.47. The van der Waals surface area contributed by atoms with Crippen molar-refractivity contribution in [2.45, 2.75) is 6.54 Å². The molecule has 1 heterocycles. The van der Waals surface area contributed by atoms with E-state index in [-0.39, 0.29) is 0 Å². The standard InChI is InChI=1S/C9H9BrN4/c10-8-5-7(6-11)1-2-9(8)14-4-3-12-13-14/h1-5H,6,11H2. The lowest BCUT2D eigenvalue weighted by molar-refractivity contribution is 0.799. The van der Waals surface area contributed by atoms with Crippen LogP contribution < -0.4 is 5.73 Å². The maximum absolute atomic E-state index is 5.53. The molecule has 0 aliphatic carbocycles. The summed E-state index contributed by atoms with van der Waals surface area (Å²) < 4.78 is 2.66. The molecular formula is C9H9BrN4. The van der Waals surface area contributed by atoms with Crippen molar-refractivity contribution < 1.29 is 0 Å². The van der Waals surface area contributed by atoms with Crippen LogP contribution in [-0.4, -0.2) is 15.0 Å². The first-order chi connectivity index (χ1) is 6.81. The number of halogens is 1. The van der Waals surface area contributed by atoms with Gasteiger partial charge >= 0.3 is 0 Å². The summed E-state index contributed by atoms with van der Waals surface area (Å²) in [7, 11) is 0. The van der Waals surface area contributed by atoms with Crippen LogP contribution in [0.4, 0.5) is 0 Å². The molecule has 5 heteroatoms. The first kappa shape index (κ1) is 9.36. The molecule has 0 saturated carbocycles. The number of rotatable bonds is 2. The Morgan fingerprint density at radius 3 is 2.86 bits per heavy atom. The van der Waals surface area contributed by atoms with E-state index in [9.17, 15) is 0 Å². The Labute approximate surface area is 89.9 Å². The van der Waals surface area contributed by atoms with Gasteiger partial charge in [-0.2, -0.15) is 0 Å². The van der Waals surface area contributed by atoms with Crippen LogP contribution >= 0.6 is 15.9 Å². The minimum atomic E-state index is 0.538. The lowest BCUT2D eigenvalue weighted by Crippen LogP contribution is -2.00. The lowest BCUT2D eigenvalue weighted by atomic mass is 10.2. The van der Waals surface area contributed by atoms with Crippen molar-refractivity contribution in [3.05, 3.63) is 40.6 Å². The smallest absolute Gasteiger partial charge is 0.0805 e. The van der Waals surface area contributed by atoms with Gasteiger partial charge in [-0.05, 0) is 33.6 Å². The van der Waals surface area contributed by atoms with Gasteiger partial charge in [0.1, 0.15) is 0 Å². The van der Waals surface area contributed by atoms with Crippen molar-refractivity contribution in [2.24, 2.45) is 5.73 Å². The second-order valence-electron chi connectivity index (χ2n) is 2.84. The maximum Gasteiger partial charge on any atom is 0.0805 e. The van der Waals surface area contributed by atoms with Crippen LogP contribution in [0.2, 0.25) is 0 Å². The summed E-state index contributed by atoms with van der Waals surface area (Å²) in [4.78, 5) is 0. The van der Waals surface area contributed by atoms with E-state index in [4.69, 9.17) is 5.73 Å². The summed E-state index contributed by atoms with van der Waals surface area (Å²) in [5.41, 5.74) is 7.57. The minimum Gasteiger partial charge on any atom is -0.326 e. The number of aromatic nitrogens is 3. The Morgan fingerprint density at radius 1 is 1.43 bits per heavy atom. The van der Waals surface area contributed by atoms with Crippen LogP contribution in [0.25, 0.3) is 5.69 Å². The third-order valence-corrected chi connectivity index (χ3v) is 2.55. The Kier molecular flexibility index (Phi) is 2.60. The van der Waals surface area contributed by atoms with Crippen molar-refractivity contribution in [2.75, 3.05) is 0 Å². The molecule has 0 aliphatic heterocycles. The molecule has 2 N–H and O–H groups in total. The fraction of sp³-hybridized carbons (Fsp3) is 0.111. The molecule has 2 aromatic rings. The molecule has 0 aliphatic rings. The van der Waals surface area contributed by atoms with E-state index in [1.54, 1.807) is 17.1 Å². The van der Waals surface area contributed by atoms with Crippen molar-refractivity contribution >= 4 is 15.9 Å². The molecule has 0 saturated heterocycles. The average Bonchev–Trinajstić information content (AvgIpc) is 2.70. The Balaban J connectivity index is 2.46. The highest BCUT2D eigenvalue weighted by atomic mass is 79.9. The van der Waals surface area contributed by atoms with Gasteiger partial charge in [-0.15, -0.1) is 5.10 Å². The van der Waals surface area contributed by atoms with Crippen LogP contribution in [0, 0.1) is 0 Å². The van der Waals surface area contributed by atoms with Crippen LogP contribution in [0.15, 0.2) is 35.1 Å². The van der Waals surface area contributed by atoms with Gasteiger partial charge in [0.25, 0.3) is 0 Å². The maximum atomic E-state index is 5.53. The molecule has 14 heavy (non-hydrogen) atoms. The number of hydrogen-bond donors (Lipinski definition) is 1. The fourth-order valence-electron chi connectivity index (χ4n) is 1.20. The molecule has 0 spiro atoms. The SMILES string of the molecule is NCc1ccc(-n2ccnn2)c(Br)c1. The molecule has 0 radical (unpaired) electrons. The summed E-state index contributed by atoms with van der Waals surface area (Å²) in [6.07, 6.45) is 3.44. The predicted octanol–water partition coefficient (Wildman–Crippen LogP) is 1.49. The highest BCUT2D eigenvalue weighted by Gasteiger charge is 2.03. The molecule has 0 unspecified atom stereocenters. The summed E-state index contributed by atoms with van der Waals surface area (Å²) in [5, 5.41) is 7.66. The summed E-state index contributed by atoms with van der Waals surface area (Å²) in [5.74, 6) is 0. The van der Waals surface area contributed by atoms with E-state index in [0.717, 1.165) is 15.7 Å². The molecule has 1 aromatic heterocycles. The van der Waals surface area contributed by atoms with Gasteiger partial charge in [-0.25, -0.2) is 4.68 Å². The minimum absolute atomic E-state index is 0.538. The highest BCUT2D eigenvalue weighted by Crippen LogP contribution is 2.21. The van der Waals surface area contributed by atoms with Gasteiger partial charge in [-0.1, -0.05) is 11.3 Å². The van der Waals surface area contributed by atoms with E-state index in [0.29, 0.717) is 6.54 Å². The third kappa shape index (κ3) is 1.69. The topological polar surface area (TPSA) is 56.7 Å². The van der Waals surface area contributed by atoms with Gasteiger partial charge in [0, 0.05) is 11.0 Å². The van der Waals surface area contributed by atoms with Crippen LogP contribution in [0.3, 0.4) is 0 Å². The molecule has 0 amide bonds. The van der Waals surface area contributed by atoms with E-state index < -0.39 is 0 Å². The van der Waals surface area contributed by atoms with E-state index in [1.807, 2.05) is 18.2 Å². The Morgan fingerprint density at radius 2 is 2.29 bits per heavy atom. The molecule has 72 valence electrons. The van der Waals surface area contributed by atoms with E-state index >= 15 is 0 Å². The molecule has 4 nitrogen and oxygen atoms in total. The Hall–Kier alpha value is -1.20. The quantitative estimate of drug-likeness (QED) is 0.882. The van der Waals surface area contributed by atoms with E-state index in [2.05, 4.69) is 26.2 Å². The van der Waals surface area contributed by atoms with Gasteiger partial charge in [0.2, 0.25) is 0 Å². The fourth-order valence-corrected chi connectivity index (χ4v) is 1.81. The van der Waals surface area contributed by atoms with Crippen LogP contribution in [-0.2, 0) is 6.54 Å².